The molecule has 0 aliphatic heterocycles. The molecule has 1 nitrogen and oxygen atoms in total. The van der Waals surface area contributed by atoms with E-state index >= 15 is 0 Å². The summed E-state index contributed by atoms with van der Waals surface area (Å²) in [6, 6.07) is 0. The van der Waals surface area contributed by atoms with Gasteiger partial charge in [0, 0.05) is 6.61 Å². The molecule has 26 heavy (non-hydrogen) atoms. The van der Waals surface area contributed by atoms with Crippen molar-refractivity contribution in [2.45, 2.75) is 48.8 Å². The van der Waals surface area contributed by atoms with Crippen LogP contribution >= 0.6 is 9.90 Å². The lowest BCUT2D eigenvalue weighted by molar-refractivity contribution is -0.487. The van der Waals surface area contributed by atoms with Crippen LogP contribution in [0.15, 0.2) is 0 Å². The summed E-state index contributed by atoms with van der Waals surface area (Å²) in [6.45, 7) is -1.92. The van der Waals surface area contributed by atoms with Gasteiger partial charge in [-0.05, 0) is 6.92 Å². The molecule has 0 aliphatic rings. The maximum absolute atomic E-state index is 13.9. The van der Waals surface area contributed by atoms with Gasteiger partial charge in [0.05, 0.1) is 0 Å². The summed E-state index contributed by atoms with van der Waals surface area (Å²) in [7, 11) is 0. The van der Waals surface area contributed by atoms with Gasteiger partial charge in [0.15, 0.2) is 0 Å². The minimum absolute atomic E-state index is 0. The van der Waals surface area contributed by atoms with Gasteiger partial charge in [0.1, 0.15) is 0 Å². The van der Waals surface area contributed by atoms with Gasteiger partial charge < -0.3 is 4.74 Å². The van der Waals surface area contributed by atoms with Gasteiger partial charge in [-0.1, -0.05) is 0 Å². The van der Waals surface area contributed by atoms with E-state index in [0.717, 1.165) is 0 Å². The fourth-order valence-corrected chi connectivity index (χ4v) is 1.51. The van der Waals surface area contributed by atoms with Crippen molar-refractivity contribution in [1.82, 2.24) is 0 Å². The van der Waals surface area contributed by atoms with Crippen LogP contribution in [-0.2, 0) is 4.74 Å². The second-order valence-corrected chi connectivity index (χ2v) is 4.33. The Morgan fingerprint density at radius 1 is 0.538 bits per heavy atom. The molecule has 0 spiro atoms. The Bertz CT molecular complexity index is 463. The van der Waals surface area contributed by atoms with Gasteiger partial charge in [0.25, 0.3) is 0 Å². The molecule has 2 atom stereocenters. The number of hydrogen-bond acceptors (Lipinski definition) is 1. The fraction of sp³-hybridized carbons (Fsp3) is 1.00. The molecule has 160 valence electrons. The third kappa shape index (κ3) is 3.54. The van der Waals surface area contributed by atoms with Crippen molar-refractivity contribution in [1.29, 1.82) is 0 Å². The molecule has 0 amide bonds. The number of alkyl halides is 15. The van der Waals surface area contributed by atoms with E-state index in [1.807, 2.05) is 0 Å². The molecule has 0 fully saturated rings. The Hall–Kier alpha value is -0.660. The average molecular weight is 448 g/mol. The SMILES string of the molecule is CCOC(F)(C(F)(F)C(F)(F)C(F)(F)F)C(F)(C(F)(F)F)C(F)(F)F.P. The normalized spacial score (nSPS) is 17.5. The fourth-order valence-electron chi connectivity index (χ4n) is 1.51. The highest BCUT2D eigenvalue weighted by atomic mass is 31.0. The van der Waals surface area contributed by atoms with E-state index < -0.39 is 48.5 Å². The Morgan fingerprint density at radius 2 is 0.846 bits per heavy atom. The van der Waals surface area contributed by atoms with Crippen LogP contribution in [0.1, 0.15) is 6.92 Å². The van der Waals surface area contributed by atoms with Crippen LogP contribution in [-0.4, -0.2) is 48.5 Å². The van der Waals surface area contributed by atoms with Crippen molar-refractivity contribution >= 4 is 9.90 Å². The van der Waals surface area contributed by atoms with Gasteiger partial charge in [-0.15, -0.1) is 0 Å². The largest absolute Gasteiger partial charge is 0.460 e. The number of rotatable bonds is 5. The van der Waals surface area contributed by atoms with Gasteiger partial charge >= 0.3 is 41.9 Å². The summed E-state index contributed by atoms with van der Waals surface area (Å²) in [5.74, 6) is -23.4. The molecule has 0 saturated heterocycles. The molecule has 0 heterocycles. The first-order chi connectivity index (χ1) is 10.6. The molecular formula is C9H8F15OP. The molecule has 0 aromatic rings. The highest BCUT2D eigenvalue weighted by Gasteiger charge is 2.95. The first-order valence-electron chi connectivity index (χ1n) is 5.53. The number of halogens is 15. The highest BCUT2D eigenvalue weighted by molar-refractivity contribution is 6.92. The van der Waals surface area contributed by atoms with Crippen molar-refractivity contribution in [3.8, 4) is 0 Å². The zero-order chi connectivity index (χ0) is 20.9. The van der Waals surface area contributed by atoms with E-state index in [1.165, 1.54) is 0 Å². The first-order valence-corrected chi connectivity index (χ1v) is 5.53. The molecular weight excluding hydrogens is 440 g/mol. The first kappa shape index (κ1) is 27.6. The summed E-state index contributed by atoms with van der Waals surface area (Å²) in [6.07, 6.45) is -23.1. The molecule has 0 saturated carbocycles. The summed E-state index contributed by atoms with van der Waals surface area (Å²) >= 11 is 0. The van der Waals surface area contributed by atoms with Gasteiger partial charge in [-0.25, -0.2) is 8.78 Å². The smallest absolute Gasteiger partial charge is 0.338 e. The van der Waals surface area contributed by atoms with Crippen LogP contribution in [0.5, 0.6) is 0 Å². The maximum atomic E-state index is 13.9. The summed E-state index contributed by atoms with van der Waals surface area (Å²) in [5, 5.41) is 0. The van der Waals surface area contributed by atoms with E-state index in [0.29, 0.717) is 0 Å². The van der Waals surface area contributed by atoms with Crippen molar-refractivity contribution < 1.29 is 70.6 Å². The minimum Gasteiger partial charge on any atom is -0.338 e. The van der Waals surface area contributed by atoms with Gasteiger partial charge in [-0.3, -0.25) is 0 Å². The molecule has 0 rings (SSSR count). The zero-order valence-electron chi connectivity index (χ0n) is 12.0. The third-order valence-electron chi connectivity index (χ3n) is 2.72. The number of ether oxygens (including phenoxy) is 1. The lowest BCUT2D eigenvalue weighted by Crippen LogP contribution is -2.77. The van der Waals surface area contributed by atoms with Gasteiger partial charge in [-0.2, -0.15) is 67.0 Å². The van der Waals surface area contributed by atoms with Crippen LogP contribution in [0.4, 0.5) is 65.9 Å². The molecule has 0 bridgehead atoms. The quantitative estimate of drug-likeness (QED) is 0.404. The van der Waals surface area contributed by atoms with Crippen molar-refractivity contribution in [3.63, 3.8) is 0 Å². The Kier molecular flexibility index (Phi) is 7.48. The lowest BCUT2D eigenvalue weighted by atomic mass is 9.86. The second-order valence-electron chi connectivity index (χ2n) is 4.33. The van der Waals surface area contributed by atoms with E-state index in [1.54, 1.807) is 0 Å². The van der Waals surface area contributed by atoms with Gasteiger partial charge in [0.2, 0.25) is 0 Å². The topological polar surface area (TPSA) is 9.23 Å². The van der Waals surface area contributed by atoms with Crippen LogP contribution < -0.4 is 0 Å². The molecule has 17 heteroatoms. The van der Waals surface area contributed by atoms with E-state index in [2.05, 4.69) is 4.74 Å². The summed E-state index contributed by atoms with van der Waals surface area (Å²) < 4.78 is 192. The van der Waals surface area contributed by atoms with Crippen LogP contribution in [0.2, 0.25) is 0 Å². The monoisotopic (exact) mass is 448 g/mol. The lowest BCUT2D eigenvalue weighted by Gasteiger charge is -2.45. The predicted molar refractivity (Wildman–Crippen MR) is 58.5 cm³/mol. The van der Waals surface area contributed by atoms with Crippen LogP contribution in [0, 0.1) is 0 Å². The standard InChI is InChI=1S/C9H5F15O.H3P/c1-2-25-6(15,3(10,7(16,17)18)8(19,20)21)4(11,12)5(13,14)9(22,23)24;/h2H2,1H3;1H3. The number of hydrogen-bond donors (Lipinski definition) is 0. The predicted octanol–water partition coefficient (Wildman–Crippen LogP) is 5.41. The van der Waals surface area contributed by atoms with Crippen LogP contribution in [0.3, 0.4) is 0 Å². The van der Waals surface area contributed by atoms with Crippen molar-refractivity contribution in [3.05, 3.63) is 0 Å². The van der Waals surface area contributed by atoms with Crippen LogP contribution in [0.25, 0.3) is 0 Å². The maximum Gasteiger partial charge on any atom is 0.460 e. The molecule has 0 aliphatic carbocycles. The minimum atomic E-state index is -7.98. The van der Waals surface area contributed by atoms with E-state index in [-0.39, 0.29) is 16.8 Å². The van der Waals surface area contributed by atoms with E-state index in [9.17, 15) is 65.9 Å². The summed E-state index contributed by atoms with van der Waals surface area (Å²) in [4.78, 5) is 0. The molecule has 0 N–H and O–H groups in total. The van der Waals surface area contributed by atoms with Crippen molar-refractivity contribution in [2.24, 2.45) is 0 Å². The van der Waals surface area contributed by atoms with Crippen molar-refractivity contribution in [2.75, 3.05) is 6.61 Å². The Labute approximate surface area is 137 Å². The zero-order valence-corrected chi connectivity index (χ0v) is 13.4. The molecule has 2 unspecified atom stereocenters. The second kappa shape index (κ2) is 7.06. The van der Waals surface area contributed by atoms with E-state index in [4.69, 9.17) is 0 Å². The Morgan fingerprint density at radius 3 is 1.04 bits per heavy atom. The molecule has 0 aromatic carbocycles. The molecule has 0 aromatic heterocycles. The third-order valence-corrected chi connectivity index (χ3v) is 2.72. The Balaban J connectivity index is 0. The summed E-state index contributed by atoms with van der Waals surface area (Å²) in [5.41, 5.74) is -7.93. The highest BCUT2D eigenvalue weighted by Crippen LogP contribution is 2.63. The average Bonchev–Trinajstić information content (AvgIpc) is 2.33. The molecule has 0 radical (unpaired) electrons.